The lowest BCUT2D eigenvalue weighted by Crippen LogP contribution is -2.26. The van der Waals surface area contributed by atoms with Crippen molar-refractivity contribution in [3.05, 3.63) is 47.9 Å². The van der Waals surface area contributed by atoms with Gasteiger partial charge in [-0.15, -0.1) is 0 Å². The Labute approximate surface area is 137 Å². The van der Waals surface area contributed by atoms with Gasteiger partial charge in [0.1, 0.15) is 11.5 Å². The number of rotatable bonds is 7. The summed E-state index contributed by atoms with van der Waals surface area (Å²) in [6, 6.07) is 8.07. The van der Waals surface area contributed by atoms with Crippen molar-refractivity contribution in [3.8, 4) is 0 Å². The summed E-state index contributed by atoms with van der Waals surface area (Å²) >= 11 is 0. The van der Waals surface area contributed by atoms with Crippen LogP contribution in [0, 0.1) is 5.92 Å². The molecule has 0 bridgehead atoms. The van der Waals surface area contributed by atoms with Gasteiger partial charge in [-0.3, -0.25) is 4.79 Å². The van der Waals surface area contributed by atoms with Gasteiger partial charge in [0.2, 0.25) is 0 Å². The van der Waals surface area contributed by atoms with Gasteiger partial charge in [-0.1, -0.05) is 39.0 Å². The standard InChI is InChI=1S/C18H24N4O/c1-4-14-7-5-6-8-15(14)22-17-12-20-16(11-21-17)18(23)19-10-9-13(2)3/h5-8,11-13H,4,9-10H2,1-3H3,(H,19,23)(H,21,22). The predicted octanol–water partition coefficient (Wildman–Crippen LogP) is 3.56. The van der Waals surface area contributed by atoms with E-state index in [0.717, 1.165) is 18.5 Å². The summed E-state index contributed by atoms with van der Waals surface area (Å²) < 4.78 is 0. The van der Waals surface area contributed by atoms with E-state index < -0.39 is 0 Å². The third kappa shape index (κ3) is 5.06. The summed E-state index contributed by atoms with van der Waals surface area (Å²) in [6.45, 7) is 7.01. The molecule has 2 N–H and O–H groups in total. The van der Waals surface area contributed by atoms with Crippen LogP contribution in [0.1, 0.15) is 43.2 Å². The molecule has 0 aliphatic heterocycles. The first-order chi connectivity index (χ1) is 11.1. The molecule has 0 unspecified atom stereocenters. The van der Waals surface area contributed by atoms with Crippen molar-refractivity contribution in [1.82, 2.24) is 15.3 Å². The largest absolute Gasteiger partial charge is 0.351 e. The van der Waals surface area contributed by atoms with Crippen LogP contribution in [0.4, 0.5) is 11.5 Å². The maximum absolute atomic E-state index is 12.0. The van der Waals surface area contributed by atoms with Crippen LogP contribution in [0.3, 0.4) is 0 Å². The Hall–Kier alpha value is -2.43. The van der Waals surface area contributed by atoms with E-state index in [1.54, 1.807) is 6.20 Å². The van der Waals surface area contributed by atoms with E-state index >= 15 is 0 Å². The van der Waals surface area contributed by atoms with Gasteiger partial charge in [0.05, 0.1) is 12.4 Å². The Bertz CT molecular complexity index is 638. The average Bonchev–Trinajstić information content (AvgIpc) is 2.55. The molecule has 0 fully saturated rings. The molecule has 0 radical (unpaired) electrons. The molecule has 122 valence electrons. The minimum atomic E-state index is -0.182. The number of carbonyl (C=O) groups is 1. The Morgan fingerprint density at radius 1 is 1.17 bits per heavy atom. The van der Waals surface area contributed by atoms with E-state index in [1.807, 2.05) is 18.2 Å². The highest BCUT2D eigenvalue weighted by Crippen LogP contribution is 2.19. The Morgan fingerprint density at radius 3 is 2.61 bits per heavy atom. The molecule has 5 nitrogen and oxygen atoms in total. The second-order valence-corrected chi connectivity index (χ2v) is 5.86. The van der Waals surface area contributed by atoms with E-state index in [-0.39, 0.29) is 5.91 Å². The maximum atomic E-state index is 12.0. The second kappa shape index (κ2) is 8.27. The van der Waals surface area contributed by atoms with Crippen molar-refractivity contribution < 1.29 is 4.79 Å². The summed E-state index contributed by atoms with van der Waals surface area (Å²) in [5, 5.41) is 6.10. The second-order valence-electron chi connectivity index (χ2n) is 5.86. The number of nitrogens with zero attached hydrogens (tertiary/aromatic N) is 2. The van der Waals surface area contributed by atoms with Gasteiger partial charge in [-0.05, 0) is 30.4 Å². The van der Waals surface area contributed by atoms with Crippen molar-refractivity contribution in [2.24, 2.45) is 5.92 Å². The van der Waals surface area contributed by atoms with Crippen LogP contribution in [0.15, 0.2) is 36.7 Å². The normalized spacial score (nSPS) is 10.6. The molecule has 1 heterocycles. The van der Waals surface area contributed by atoms with Crippen molar-refractivity contribution in [2.75, 3.05) is 11.9 Å². The molecule has 0 saturated heterocycles. The Balaban J connectivity index is 1.98. The fourth-order valence-corrected chi connectivity index (χ4v) is 2.16. The van der Waals surface area contributed by atoms with Crippen LogP contribution in [0.25, 0.3) is 0 Å². The summed E-state index contributed by atoms with van der Waals surface area (Å²) in [5.74, 6) is 1.01. The third-order valence-electron chi connectivity index (χ3n) is 3.55. The molecule has 0 aliphatic carbocycles. The number of hydrogen-bond donors (Lipinski definition) is 2. The molecule has 0 saturated carbocycles. The molecule has 0 spiro atoms. The molecule has 2 rings (SSSR count). The Morgan fingerprint density at radius 2 is 1.96 bits per heavy atom. The average molecular weight is 312 g/mol. The predicted molar refractivity (Wildman–Crippen MR) is 92.9 cm³/mol. The highest BCUT2D eigenvalue weighted by molar-refractivity contribution is 5.92. The molecule has 2 aromatic rings. The number of anilines is 2. The van der Waals surface area contributed by atoms with Gasteiger partial charge in [0.25, 0.3) is 5.91 Å². The van der Waals surface area contributed by atoms with Crippen molar-refractivity contribution in [2.45, 2.75) is 33.6 Å². The van der Waals surface area contributed by atoms with Crippen LogP contribution in [0.2, 0.25) is 0 Å². The lowest BCUT2D eigenvalue weighted by Gasteiger charge is -2.10. The van der Waals surface area contributed by atoms with Gasteiger partial charge in [-0.2, -0.15) is 0 Å². The minimum absolute atomic E-state index is 0.182. The summed E-state index contributed by atoms with van der Waals surface area (Å²) in [4.78, 5) is 20.4. The zero-order valence-electron chi connectivity index (χ0n) is 14.0. The zero-order valence-corrected chi connectivity index (χ0v) is 14.0. The highest BCUT2D eigenvalue weighted by atomic mass is 16.1. The maximum Gasteiger partial charge on any atom is 0.271 e. The summed E-state index contributed by atoms with van der Waals surface area (Å²) in [6.07, 6.45) is 4.98. The molecule has 1 amide bonds. The number of amides is 1. The van der Waals surface area contributed by atoms with Crippen LogP contribution in [-0.2, 0) is 6.42 Å². The minimum Gasteiger partial charge on any atom is -0.351 e. The number of aryl methyl sites for hydroxylation is 1. The fourth-order valence-electron chi connectivity index (χ4n) is 2.16. The van der Waals surface area contributed by atoms with Crippen LogP contribution >= 0.6 is 0 Å². The smallest absolute Gasteiger partial charge is 0.271 e. The molecular formula is C18H24N4O. The number of aromatic nitrogens is 2. The fraction of sp³-hybridized carbons (Fsp3) is 0.389. The molecule has 23 heavy (non-hydrogen) atoms. The van der Waals surface area contributed by atoms with Crippen LogP contribution in [-0.4, -0.2) is 22.4 Å². The van der Waals surface area contributed by atoms with Crippen LogP contribution in [0.5, 0.6) is 0 Å². The molecule has 1 aromatic heterocycles. The van der Waals surface area contributed by atoms with Crippen molar-refractivity contribution in [3.63, 3.8) is 0 Å². The molecule has 0 atom stereocenters. The topological polar surface area (TPSA) is 66.9 Å². The lowest BCUT2D eigenvalue weighted by molar-refractivity contribution is 0.0946. The lowest BCUT2D eigenvalue weighted by atomic mass is 10.1. The first-order valence-corrected chi connectivity index (χ1v) is 8.05. The van der Waals surface area contributed by atoms with E-state index in [2.05, 4.69) is 47.4 Å². The van der Waals surface area contributed by atoms with E-state index in [4.69, 9.17) is 0 Å². The number of para-hydroxylation sites is 1. The monoisotopic (exact) mass is 312 g/mol. The number of carbonyl (C=O) groups excluding carboxylic acids is 1. The van der Waals surface area contributed by atoms with Gasteiger partial charge >= 0.3 is 0 Å². The van der Waals surface area contributed by atoms with E-state index in [9.17, 15) is 4.79 Å². The van der Waals surface area contributed by atoms with Gasteiger partial charge < -0.3 is 10.6 Å². The number of nitrogens with one attached hydrogen (secondary N) is 2. The SMILES string of the molecule is CCc1ccccc1Nc1cnc(C(=O)NCCC(C)C)cn1. The molecular weight excluding hydrogens is 288 g/mol. The first kappa shape index (κ1) is 16.9. The zero-order chi connectivity index (χ0) is 16.7. The van der Waals surface area contributed by atoms with E-state index in [1.165, 1.54) is 11.8 Å². The molecule has 0 aliphatic rings. The van der Waals surface area contributed by atoms with Crippen molar-refractivity contribution in [1.29, 1.82) is 0 Å². The van der Waals surface area contributed by atoms with Crippen molar-refractivity contribution >= 4 is 17.4 Å². The summed E-state index contributed by atoms with van der Waals surface area (Å²) in [7, 11) is 0. The van der Waals surface area contributed by atoms with Gasteiger partial charge in [0.15, 0.2) is 0 Å². The number of hydrogen-bond acceptors (Lipinski definition) is 4. The molecule has 5 heteroatoms. The molecule has 1 aromatic carbocycles. The van der Waals surface area contributed by atoms with Crippen LogP contribution < -0.4 is 10.6 Å². The highest BCUT2D eigenvalue weighted by Gasteiger charge is 2.08. The summed E-state index contributed by atoms with van der Waals surface area (Å²) in [5.41, 5.74) is 2.56. The van der Waals surface area contributed by atoms with E-state index in [0.29, 0.717) is 24.0 Å². The Kier molecular flexibility index (Phi) is 6.09. The quantitative estimate of drug-likeness (QED) is 0.820. The number of benzene rings is 1. The first-order valence-electron chi connectivity index (χ1n) is 8.05. The van der Waals surface area contributed by atoms with Gasteiger partial charge in [-0.25, -0.2) is 9.97 Å². The van der Waals surface area contributed by atoms with Gasteiger partial charge in [0, 0.05) is 12.2 Å². The third-order valence-corrected chi connectivity index (χ3v) is 3.55.